The van der Waals surface area contributed by atoms with Crippen molar-refractivity contribution in [2.75, 3.05) is 17.7 Å². The van der Waals surface area contributed by atoms with Gasteiger partial charge in [0.1, 0.15) is 0 Å². The average Bonchev–Trinajstić information content (AvgIpc) is 2.63. The number of ether oxygens (including phenoxy) is 1. The molecule has 150 valence electrons. The van der Waals surface area contributed by atoms with Gasteiger partial charge in [0.05, 0.1) is 17.1 Å². The zero-order valence-corrected chi connectivity index (χ0v) is 18.4. The number of nitrogens with one attached hydrogen (secondary N) is 1. The van der Waals surface area contributed by atoms with Crippen molar-refractivity contribution in [3.05, 3.63) is 57.0 Å². The molecular weight excluding hydrogens is 470 g/mol. The summed E-state index contributed by atoms with van der Waals surface area (Å²) < 4.78 is 30.2. The van der Waals surface area contributed by atoms with Crippen LogP contribution in [0.4, 0.5) is 5.69 Å². The van der Waals surface area contributed by atoms with Gasteiger partial charge in [-0.3, -0.25) is 9.59 Å². The standard InChI is InChI=1S/C19H19BrClNO5S/c1-12-9-15(10-13(2)19(12)20)22-17(23)11-27-18(24)7-8-28(25,26)16-5-3-14(21)4-6-16/h3-6,9-10H,7-8,11H2,1-2H3,(H,22,23). The molecule has 2 aromatic rings. The second kappa shape index (κ2) is 9.54. The number of sulfone groups is 1. The first-order valence-electron chi connectivity index (χ1n) is 8.29. The molecule has 0 heterocycles. The van der Waals surface area contributed by atoms with Gasteiger partial charge in [0.25, 0.3) is 5.91 Å². The zero-order chi connectivity index (χ0) is 20.9. The third-order valence-corrected chi connectivity index (χ3v) is 7.07. The van der Waals surface area contributed by atoms with Gasteiger partial charge in [0, 0.05) is 15.2 Å². The minimum absolute atomic E-state index is 0.0726. The molecule has 0 atom stereocenters. The van der Waals surface area contributed by atoms with E-state index in [9.17, 15) is 18.0 Å². The molecule has 0 radical (unpaired) electrons. The Morgan fingerprint density at radius 3 is 2.25 bits per heavy atom. The summed E-state index contributed by atoms with van der Waals surface area (Å²) in [7, 11) is -3.64. The lowest BCUT2D eigenvalue weighted by Gasteiger charge is -2.10. The molecule has 0 bridgehead atoms. The molecule has 0 unspecified atom stereocenters. The minimum atomic E-state index is -3.64. The molecule has 0 aliphatic heterocycles. The van der Waals surface area contributed by atoms with Crippen LogP contribution in [0, 0.1) is 13.8 Å². The van der Waals surface area contributed by atoms with E-state index in [0.717, 1.165) is 15.6 Å². The maximum Gasteiger partial charge on any atom is 0.307 e. The highest BCUT2D eigenvalue weighted by Crippen LogP contribution is 2.25. The molecule has 0 spiro atoms. The predicted molar refractivity (Wildman–Crippen MR) is 111 cm³/mol. The van der Waals surface area contributed by atoms with Gasteiger partial charge in [-0.15, -0.1) is 0 Å². The highest BCUT2D eigenvalue weighted by molar-refractivity contribution is 9.10. The molecule has 0 saturated carbocycles. The second-order valence-corrected chi connectivity index (χ2v) is 9.49. The summed E-state index contributed by atoms with van der Waals surface area (Å²) in [5.41, 5.74) is 2.50. The van der Waals surface area contributed by atoms with E-state index >= 15 is 0 Å². The summed E-state index contributed by atoms with van der Waals surface area (Å²) >= 11 is 9.18. The van der Waals surface area contributed by atoms with Crippen molar-refractivity contribution < 1.29 is 22.7 Å². The van der Waals surface area contributed by atoms with E-state index in [2.05, 4.69) is 21.2 Å². The fourth-order valence-electron chi connectivity index (χ4n) is 2.41. The number of amides is 1. The van der Waals surface area contributed by atoms with Gasteiger partial charge in [0.15, 0.2) is 16.4 Å². The Hall–Kier alpha value is -1.90. The third-order valence-electron chi connectivity index (χ3n) is 3.83. The van der Waals surface area contributed by atoms with E-state index in [1.54, 1.807) is 12.1 Å². The highest BCUT2D eigenvalue weighted by atomic mass is 79.9. The molecule has 1 N–H and O–H groups in total. The molecule has 0 aromatic heterocycles. The van der Waals surface area contributed by atoms with E-state index in [-0.39, 0.29) is 11.3 Å². The SMILES string of the molecule is Cc1cc(NC(=O)COC(=O)CCS(=O)(=O)c2ccc(Cl)cc2)cc(C)c1Br. The molecule has 0 aliphatic rings. The van der Waals surface area contributed by atoms with Crippen LogP contribution in [0.2, 0.25) is 5.02 Å². The van der Waals surface area contributed by atoms with Crippen LogP contribution >= 0.6 is 27.5 Å². The van der Waals surface area contributed by atoms with E-state index in [1.165, 1.54) is 24.3 Å². The molecular formula is C19H19BrClNO5S. The Bertz CT molecular complexity index is 967. The number of carbonyl (C=O) groups is 2. The fraction of sp³-hybridized carbons (Fsp3) is 0.263. The van der Waals surface area contributed by atoms with Crippen LogP contribution < -0.4 is 5.32 Å². The van der Waals surface area contributed by atoms with Crippen molar-refractivity contribution >= 4 is 54.9 Å². The van der Waals surface area contributed by atoms with Crippen LogP contribution in [0.15, 0.2) is 45.8 Å². The molecule has 0 aliphatic carbocycles. The Morgan fingerprint density at radius 2 is 1.68 bits per heavy atom. The Balaban J connectivity index is 1.83. The van der Waals surface area contributed by atoms with Crippen molar-refractivity contribution in [2.45, 2.75) is 25.2 Å². The summed E-state index contributed by atoms with van der Waals surface area (Å²) in [6.45, 7) is 3.30. The predicted octanol–water partition coefficient (Wildman–Crippen LogP) is 4.07. The first-order valence-corrected chi connectivity index (χ1v) is 11.1. The Labute approximate surface area is 177 Å². The Kier molecular flexibility index (Phi) is 7.63. The van der Waals surface area contributed by atoms with Gasteiger partial charge >= 0.3 is 5.97 Å². The number of anilines is 1. The molecule has 0 fully saturated rings. The smallest absolute Gasteiger partial charge is 0.307 e. The molecule has 9 heteroatoms. The largest absolute Gasteiger partial charge is 0.456 e. The van der Waals surface area contributed by atoms with Crippen molar-refractivity contribution in [2.24, 2.45) is 0 Å². The fourth-order valence-corrected chi connectivity index (χ4v) is 3.99. The molecule has 0 saturated heterocycles. The van der Waals surface area contributed by atoms with Crippen LogP contribution in [0.5, 0.6) is 0 Å². The summed E-state index contributed by atoms with van der Waals surface area (Å²) in [4.78, 5) is 23.8. The normalized spacial score (nSPS) is 11.1. The van der Waals surface area contributed by atoms with E-state index in [1.807, 2.05) is 13.8 Å². The van der Waals surface area contributed by atoms with E-state index in [4.69, 9.17) is 16.3 Å². The lowest BCUT2D eigenvalue weighted by atomic mass is 10.1. The second-order valence-electron chi connectivity index (χ2n) is 6.16. The van der Waals surface area contributed by atoms with Gasteiger partial charge in [-0.05, 0) is 61.4 Å². The molecule has 2 aromatic carbocycles. The number of halogens is 2. The van der Waals surface area contributed by atoms with E-state index < -0.39 is 34.1 Å². The first-order chi connectivity index (χ1) is 13.1. The van der Waals surface area contributed by atoms with Crippen LogP contribution in [-0.4, -0.2) is 32.7 Å². The van der Waals surface area contributed by atoms with Crippen molar-refractivity contribution in [1.82, 2.24) is 0 Å². The molecule has 2 rings (SSSR count). The van der Waals surface area contributed by atoms with Gasteiger partial charge in [-0.1, -0.05) is 27.5 Å². The number of hydrogen-bond donors (Lipinski definition) is 1. The van der Waals surface area contributed by atoms with Crippen molar-refractivity contribution in [1.29, 1.82) is 0 Å². The van der Waals surface area contributed by atoms with Crippen LogP contribution in [0.25, 0.3) is 0 Å². The third kappa shape index (κ3) is 6.32. The number of benzene rings is 2. The number of rotatable bonds is 7. The van der Waals surface area contributed by atoms with Gasteiger partial charge in [-0.2, -0.15) is 0 Å². The first kappa shape index (κ1) is 22.4. The summed E-state index contributed by atoms with van der Waals surface area (Å²) in [5, 5.41) is 3.06. The van der Waals surface area contributed by atoms with Crippen LogP contribution in [-0.2, 0) is 24.2 Å². The number of aryl methyl sites for hydroxylation is 2. The Morgan fingerprint density at radius 1 is 1.11 bits per heavy atom. The summed E-state index contributed by atoms with van der Waals surface area (Å²) in [5.74, 6) is -1.69. The highest BCUT2D eigenvalue weighted by Gasteiger charge is 2.18. The lowest BCUT2D eigenvalue weighted by Crippen LogP contribution is -2.22. The van der Waals surface area contributed by atoms with Gasteiger partial charge in [0.2, 0.25) is 0 Å². The molecule has 6 nitrogen and oxygen atoms in total. The molecule has 1 amide bonds. The van der Waals surface area contributed by atoms with E-state index in [0.29, 0.717) is 10.7 Å². The van der Waals surface area contributed by atoms with Gasteiger partial charge < -0.3 is 10.1 Å². The maximum atomic E-state index is 12.2. The van der Waals surface area contributed by atoms with Crippen LogP contribution in [0.1, 0.15) is 17.5 Å². The lowest BCUT2D eigenvalue weighted by molar-refractivity contribution is -0.146. The summed E-state index contributed by atoms with van der Waals surface area (Å²) in [6.07, 6.45) is -0.352. The summed E-state index contributed by atoms with van der Waals surface area (Å²) in [6, 6.07) is 9.24. The maximum absolute atomic E-state index is 12.2. The average molecular weight is 489 g/mol. The monoisotopic (exact) mass is 487 g/mol. The minimum Gasteiger partial charge on any atom is -0.456 e. The molecule has 28 heavy (non-hydrogen) atoms. The number of carbonyl (C=O) groups excluding carboxylic acids is 2. The zero-order valence-electron chi connectivity index (χ0n) is 15.3. The number of esters is 1. The van der Waals surface area contributed by atoms with Gasteiger partial charge in [-0.25, -0.2) is 8.42 Å². The van der Waals surface area contributed by atoms with Crippen molar-refractivity contribution in [3.63, 3.8) is 0 Å². The van der Waals surface area contributed by atoms with Crippen molar-refractivity contribution in [3.8, 4) is 0 Å². The number of hydrogen-bond acceptors (Lipinski definition) is 5. The van der Waals surface area contributed by atoms with Crippen LogP contribution in [0.3, 0.4) is 0 Å². The topological polar surface area (TPSA) is 89.5 Å². The quantitative estimate of drug-likeness (QED) is 0.594.